The summed E-state index contributed by atoms with van der Waals surface area (Å²) in [5, 5.41) is 0. The predicted octanol–water partition coefficient (Wildman–Crippen LogP) is 2.83. The topological polar surface area (TPSA) is 70.2 Å². The molecule has 172 valence electrons. The maximum absolute atomic E-state index is 13.0. The summed E-state index contributed by atoms with van der Waals surface area (Å²) in [7, 11) is -1.80. The fourth-order valence-corrected chi connectivity index (χ4v) is 5.87. The average molecular weight is 458 g/mol. The van der Waals surface area contributed by atoms with Crippen molar-refractivity contribution >= 4 is 15.9 Å². The number of amides is 1. The Bertz CT molecular complexity index is 1020. The zero-order valence-electron chi connectivity index (χ0n) is 18.6. The minimum atomic E-state index is -3.46. The molecule has 2 fully saturated rings. The van der Waals surface area contributed by atoms with Gasteiger partial charge in [0, 0.05) is 51.4 Å². The number of rotatable bonds is 6. The summed E-state index contributed by atoms with van der Waals surface area (Å²) in [6.07, 6.45) is 2.71. The number of sulfonamides is 1. The van der Waals surface area contributed by atoms with Crippen LogP contribution in [0.1, 0.15) is 35.2 Å². The molecule has 0 aromatic heterocycles. The lowest BCUT2D eigenvalue weighted by Crippen LogP contribution is -2.35. The van der Waals surface area contributed by atoms with E-state index in [1.165, 1.54) is 9.87 Å². The molecule has 0 radical (unpaired) electrons. The molecule has 1 amide bonds. The van der Waals surface area contributed by atoms with Crippen LogP contribution in [0.5, 0.6) is 5.75 Å². The third-order valence-electron chi connectivity index (χ3n) is 6.25. The lowest BCUT2D eigenvalue weighted by molar-refractivity contribution is 0.0761. The summed E-state index contributed by atoms with van der Waals surface area (Å²) in [5.41, 5.74) is 1.76. The Balaban J connectivity index is 1.36. The second kappa shape index (κ2) is 10.0. The van der Waals surface area contributed by atoms with Crippen molar-refractivity contribution < 1.29 is 17.9 Å². The Labute approximate surface area is 190 Å². The van der Waals surface area contributed by atoms with Gasteiger partial charge in [-0.15, -0.1) is 0 Å². The summed E-state index contributed by atoms with van der Waals surface area (Å²) in [6, 6.07) is 14.5. The molecule has 2 heterocycles. The number of hydrogen-bond donors (Lipinski definition) is 0. The van der Waals surface area contributed by atoms with Gasteiger partial charge in [-0.25, -0.2) is 8.42 Å². The van der Waals surface area contributed by atoms with Gasteiger partial charge in [0.2, 0.25) is 10.0 Å². The Morgan fingerprint density at radius 1 is 0.844 bits per heavy atom. The zero-order chi connectivity index (χ0) is 22.6. The standard InChI is InChI=1S/C24H31N3O4S/c1-31-22-9-5-20(6-10-22)19-25-13-4-14-26(18-17-25)24(28)21-7-11-23(12-8-21)32(29,30)27-15-2-3-16-27/h5-12H,2-4,13-19H2,1H3. The molecule has 7 nitrogen and oxygen atoms in total. The number of hydrogen-bond acceptors (Lipinski definition) is 5. The second-order valence-corrected chi connectivity index (χ2v) is 10.3. The molecular formula is C24H31N3O4S. The summed E-state index contributed by atoms with van der Waals surface area (Å²) >= 11 is 0. The molecule has 0 saturated carbocycles. The van der Waals surface area contributed by atoms with Crippen LogP contribution in [0.2, 0.25) is 0 Å². The minimum absolute atomic E-state index is 0.0404. The second-order valence-electron chi connectivity index (χ2n) is 8.41. The Kier molecular flexibility index (Phi) is 7.13. The van der Waals surface area contributed by atoms with E-state index < -0.39 is 10.0 Å². The first-order chi connectivity index (χ1) is 15.5. The minimum Gasteiger partial charge on any atom is -0.497 e. The van der Waals surface area contributed by atoms with Crippen LogP contribution < -0.4 is 4.74 Å². The van der Waals surface area contributed by atoms with Gasteiger partial charge in [-0.3, -0.25) is 9.69 Å². The van der Waals surface area contributed by atoms with Crippen molar-refractivity contribution in [3.63, 3.8) is 0 Å². The molecule has 2 aliphatic heterocycles. The molecule has 0 atom stereocenters. The molecule has 2 saturated heterocycles. The predicted molar refractivity (Wildman–Crippen MR) is 123 cm³/mol. The van der Waals surface area contributed by atoms with Gasteiger partial charge in [-0.2, -0.15) is 4.31 Å². The monoisotopic (exact) mass is 457 g/mol. The first kappa shape index (κ1) is 22.8. The van der Waals surface area contributed by atoms with Crippen LogP contribution in [-0.4, -0.2) is 74.8 Å². The van der Waals surface area contributed by atoms with Crippen molar-refractivity contribution in [1.29, 1.82) is 0 Å². The van der Waals surface area contributed by atoms with Crippen molar-refractivity contribution in [2.45, 2.75) is 30.7 Å². The van der Waals surface area contributed by atoms with E-state index in [-0.39, 0.29) is 10.8 Å². The summed E-state index contributed by atoms with van der Waals surface area (Å²) in [5.74, 6) is 0.807. The first-order valence-corrected chi connectivity index (χ1v) is 12.7. The number of nitrogens with zero attached hydrogens (tertiary/aromatic N) is 3. The van der Waals surface area contributed by atoms with Gasteiger partial charge in [0.05, 0.1) is 12.0 Å². The fourth-order valence-electron chi connectivity index (χ4n) is 4.35. The van der Waals surface area contributed by atoms with E-state index in [0.717, 1.165) is 44.6 Å². The van der Waals surface area contributed by atoms with E-state index in [9.17, 15) is 13.2 Å². The van der Waals surface area contributed by atoms with Crippen LogP contribution in [0, 0.1) is 0 Å². The fraction of sp³-hybridized carbons (Fsp3) is 0.458. The van der Waals surface area contributed by atoms with Gasteiger partial charge in [-0.05, 0) is 61.2 Å². The molecule has 4 rings (SSSR count). The smallest absolute Gasteiger partial charge is 0.253 e. The van der Waals surface area contributed by atoms with Crippen molar-refractivity contribution in [1.82, 2.24) is 14.1 Å². The van der Waals surface area contributed by atoms with Crippen LogP contribution in [0.15, 0.2) is 53.4 Å². The van der Waals surface area contributed by atoms with Crippen LogP contribution in [0.4, 0.5) is 0 Å². The highest BCUT2D eigenvalue weighted by atomic mass is 32.2. The van der Waals surface area contributed by atoms with Crippen LogP contribution in [0.25, 0.3) is 0 Å². The molecule has 0 bridgehead atoms. The Hall–Kier alpha value is -2.42. The van der Waals surface area contributed by atoms with Crippen molar-refractivity contribution in [3.05, 3.63) is 59.7 Å². The molecular weight excluding hydrogens is 426 g/mol. The molecule has 2 aromatic carbocycles. The first-order valence-electron chi connectivity index (χ1n) is 11.2. The number of carbonyl (C=O) groups is 1. The van der Waals surface area contributed by atoms with E-state index in [1.54, 1.807) is 31.4 Å². The van der Waals surface area contributed by atoms with Crippen molar-refractivity contribution in [3.8, 4) is 5.75 Å². The third kappa shape index (κ3) is 5.14. The van der Waals surface area contributed by atoms with Crippen LogP contribution in [0.3, 0.4) is 0 Å². The lowest BCUT2D eigenvalue weighted by atomic mass is 10.2. The van der Waals surface area contributed by atoms with Gasteiger partial charge in [0.15, 0.2) is 0 Å². The quantitative estimate of drug-likeness (QED) is 0.667. The molecule has 2 aliphatic rings. The van der Waals surface area contributed by atoms with Crippen molar-refractivity contribution in [2.24, 2.45) is 0 Å². The van der Waals surface area contributed by atoms with E-state index in [1.807, 2.05) is 17.0 Å². The van der Waals surface area contributed by atoms with Crippen LogP contribution in [-0.2, 0) is 16.6 Å². The highest BCUT2D eigenvalue weighted by Gasteiger charge is 2.27. The van der Waals surface area contributed by atoms with Gasteiger partial charge in [0.1, 0.15) is 5.75 Å². The molecule has 8 heteroatoms. The average Bonchev–Trinajstić information content (AvgIpc) is 3.28. The number of ether oxygens (including phenoxy) is 1. The Morgan fingerprint density at radius 3 is 2.19 bits per heavy atom. The summed E-state index contributed by atoms with van der Waals surface area (Å²) in [6.45, 7) is 5.08. The SMILES string of the molecule is COc1ccc(CN2CCCN(C(=O)c3ccc(S(=O)(=O)N4CCCC4)cc3)CC2)cc1. The highest BCUT2D eigenvalue weighted by molar-refractivity contribution is 7.89. The molecule has 0 unspecified atom stereocenters. The normalized spacial score (nSPS) is 18.5. The van der Waals surface area contributed by atoms with Gasteiger partial charge < -0.3 is 9.64 Å². The van der Waals surface area contributed by atoms with E-state index in [4.69, 9.17) is 4.74 Å². The molecule has 0 N–H and O–H groups in total. The lowest BCUT2D eigenvalue weighted by Gasteiger charge is -2.22. The van der Waals surface area contributed by atoms with E-state index in [2.05, 4.69) is 17.0 Å². The summed E-state index contributed by atoms with van der Waals surface area (Å²) in [4.78, 5) is 17.5. The third-order valence-corrected chi connectivity index (χ3v) is 8.16. The van der Waals surface area contributed by atoms with Crippen LogP contribution >= 0.6 is 0 Å². The van der Waals surface area contributed by atoms with Gasteiger partial charge in [-0.1, -0.05) is 12.1 Å². The molecule has 0 aliphatic carbocycles. The number of carbonyl (C=O) groups excluding carboxylic acids is 1. The van der Waals surface area contributed by atoms with Gasteiger partial charge >= 0.3 is 0 Å². The maximum atomic E-state index is 13.0. The maximum Gasteiger partial charge on any atom is 0.253 e. The highest BCUT2D eigenvalue weighted by Crippen LogP contribution is 2.22. The number of benzene rings is 2. The zero-order valence-corrected chi connectivity index (χ0v) is 19.4. The van der Waals surface area contributed by atoms with Gasteiger partial charge in [0.25, 0.3) is 5.91 Å². The van der Waals surface area contributed by atoms with Crippen molar-refractivity contribution in [2.75, 3.05) is 46.4 Å². The molecule has 2 aromatic rings. The number of methoxy groups -OCH3 is 1. The molecule has 32 heavy (non-hydrogen) atoms. The largest absolute Gasteiger partial charge is 0.497 e. The summed E-state index contributed by atoms with van der Waals surface area (Å²) < 4.78 is 32.1. The molecule has 0 spiro atoms. The van der Waals surface area contributed by atoms with E-state index in [0.29, 0.717) is 31.7 Å². The van der Waals surface area contributed by atoms with E-state index >= 15 is 0 Å². The Morgan fingerprint density at radius 2 is 1.53 bits per heavy atom.